The molecule has 0 radical (unpaired) electrons. The molecule has 1 N–H and O–H groups in total. The predicted octanol–water partition coefficient (Wildman–Crippen LogP) is 2.75. The molecule has 22 heavy (non-hydrogen) atoms. The van der Waals surface area contributed by atoms with Crippen molar-refractivity contribution in [2.75, 3.05) is 18.0 Å². The number of aromatic nitrogens is 1. The third-order valence-corrected chi connectivity index (χ3v) is 3.81. The van der Waals surface area contributed by atoms with Gasteiger partial charge in [0.05, 0.1) is 5.56 Å². The van der Waals surface area contributed by atoms with E-state index in [4.69, 9.17) is 0 Å². The summed E-state index contributed by atoms with van der Waals surface area (Å²) in [5.41, 5.74) is 1.03. The van der Waals surface area contributed by atoms with E-state index in [2.05, 4.69) is 15.2 Å². The highest BCUT2D eigenvalue weighted by Crippen LogP contribution is 2.18. The zero-order valence-electron chi connectivity index (χ0n) is 12.3. The summed E-state index contributed by atoms with van der Waals surface area (Å²) in [5.74, 6) is 0.0280. The molecule has 0 atom stereocenters. The summed E-state index contributed by atoms with van der Waals surface area (Å²) in [5, 5.41) is 2.75. The number of hydrogen-bond donors (Lipinski definition) is 1. The van der Waals surface area contributed by atoms with Crippen LogP contribution in [0.1, 0.15) is 28.8 Å². The molecular weight excluding hydrogens is 281 g/mol. The van der Waals surface area contributed by atoms with Crippen LogP contribution in [0.25, 0.3) is 0 Å². The molecule has 1 aliphatic heterocycles. The van der Waals surface area contributed by atoms with Crippen molar-refractivity contribution in [2.45, 2.75) is 19.4 Å². The molecule has 0 spiro atoms. The van der Waals surface area contributed by atoms with E-state index in [-0.39, 0.29) is 5.56 Å². The molecule has 0 unspecified atom stereocenters. The molecule has 0 aliphatic carbocycles. The lowest BCUT2D eigenvalue weighted by Gasteiger charge is -2.17. The highest BCUT2D eigenvalue weighted by atomic mass is 19.1. The van der Waals surface area contributed by atoms with Crippen molar-refractivity contribution >= 4 is 11.7 Å². The van der Waals surface area contributed by atoms with Crippen molar-refractivity contribution < 1.29 is 9.18 Å². The second-order valence-corrected chi connectivity index (χ2v) is 5.38. The second-order valence-electron chi connectivity index (χ2n) is 5.38. The van der Waals surface area contributed by atoms with Gasteiger partial charge < -0.3 is 10.2 Å². The zero-order chi connectivity index (χ0) is 15.4. The Morgan fingerprint density at radius 2 is 2.00 bits per heavy atom. The largest absolute Gasteiger partial charge is 0.357 e. The number of nitrogens with one attached hydrogen (secondary N) is 1. The van der Waals surface area contributed by atoms with Gasteiger partial charge in [-0.05, 0) is 42.7 Å². The molecule has 114 valence electrons. The standard InChI is InChI=1S/C17H18FN3O/c18-15-6-2-1-5-14(15)17(22)20-12-13-7-8-19-16(11-13)21-9-3-4-10-21/h1-2,5-8,11H,3-4,9-10,12H2,(H,20,22). The Kier molecular flexibility index (Phi) is 4.32. The SMILES string of the molecule is O=C(NCc1ccnc(N2CCCC2)c1)c1ccccc1F. The van der Waals surface area contributed by atoms with Gasteiger partial charge in [0.1, 0.15) is 11.6 Å². The Hall–Kier alpha value is -2.43. The maximum Gasteiger partial charge on any atom is 0.254 e. The van der Waals surface area contributed by atoms with Crippen LogP contribution < -0.4 is 10.2 Å². The number of pyridine rings is 1. The van der Waals surface area contributed by atoms with E-state index in [0.29, 0.717) is 6.54 Å². The summed E-state index contributed by atoms with van der Waals surface area (Å²) < 4.78 is 13.6. The molecule has 1 aromatic carbocycles. The third-order valence-electron chi connectivity index (χ3n) is 3.81. The molecule has 1 saturated heterocycles. The lowest BCUT2D eigenvalue weighted by molar-refractivity contribution is 0.0947. The number of benzene rings is 1. The van der Waals surface area contributed by atoms with E-state index in [9.17, 15) is 9.18 Å². The second kappa shape index (κ2) is 6.56. The fourth-order valence-corrected chi connectivity index (χ4v) is 2.61. The van der Waals surface area contributed by atoms with Crippen LogP contribution in [-0.4, -0.2) is 24.0 Å². The monoisotopic (exact) mass is 299 g/mol. The molecule has 2 aromatic rings. The van der Waals surface area contributed by atoms with E-state index in [0.717, 1.165) is 24.5 Å². The van der Waals surface area contributed by atoms with Gasteiger partial charge in [-0.25, -0.2) is 9.37 Å². The lowest BCUT2D eigenvalue weighted by Crippen LogP contribution is -2.24. The number of halogens is 1. The maximum absolute atomic E-state index is 13.6. The van der Waals surface area contributed by atoms with Gasteiger partial charge in [0.15, 0.2) is 0 Å². The first-order chi connectivity index (χ1) is 10.7. The molecule has 1 amide bonds. The lowest BCUT2D eigenvalue weighted by atomic mass is 10.2. The van der Waals surface area contributed by atoms with Crippen LogP contribution in [0.4, 0.5) is 10.2 Å². The van der Waals surface area contributed by atoms with Crippen LogP contribution in [0.2, 0.25) is 0 Å². The van der Waals surface area contributed by atoms with E-state index >= 15 is 0 Å². The van der Waals surface area contributed by atoms with Gasteiger partial charge in [-0.1, -0.05) is 12.1 Å². The summed E-state index contributed by atoms with van der Waals surface area (Å²) in [6.45, 7) is 2.41. The number of amides is 1. The van der Waals surface area contributed by atoms with Crippen LogP contribution in [0.15, 0.2) is 42.6 Å². The fourth-order valence-electron chi connectivity index (χ4n) is 2.61. The normalized spacial score (nSPS) is 14.1. The first-order valence-corrected chi connectivity index (χ1v) is 7.46. The van der Waals surface area contributed by atoms with E-state index < -0.39 is 11.7 Å². The predicted molar refractivity (Wildman–Crippen MR) is 83.3 cm³/mol. The van der Waals surface area contributed by atoms with Crippen molar-refractivity contribution in [3.05, 3.63) is 59.5 Å². The minimum Gasteiger partial charge on any atom is -0.357 e. The first-order valence-electron chi connectivity index (χ1n) is 7.46. The molecule has 4 nitrogen and oxygen atoms in total. The first kappa shape index (κ1) is 14.5. The Morgan fingerprint density at radius 3 is 2.77 bits per heavy atom. The number of rotatable bonds is 4. The van der Waals surface area contributed by atoms with Crippen molar-refractivity contribution in [1.29, 1.82) is 0 Å². The number of carbonyl (C=O) groups is 1. The summed E-state index contributed by atoms with van der Waals surface area (Å²) in [6.07, 6.45) is 4.13. The van der Waals surface area contributed by atoms with Crippen molar-refractivity contribution in [1.82, 2.24) is 10.3 Å². The van der Waals surface area contributed by atoms with E-state index in [1.807, 2.05) is 12.1 Å². The van der Waals surface area contributed by atoms with Crippen molar-refractivity contribution in [3.8, 4) is 0 Å². The van der Waals surface area contributed by atoms with Gasteiger partial charge in [-0.2, -0.15) is 0 Å². The maximum atomic E-state index is 13.6. The van der Waals surface area contributed by atoms with Gasteiger partial charge in [-0.15, -0.1) is 0 Å². The van der Waals surface area contributed by atoms with Gasteiger partial charge in [0.2, 0.25) is 0 Å². The summed E-state index contributed by atoms with van der Waals surface area (Å²) >= 11 is 0. The highest BCUT2D eigenvalue weighted by Gasteiger charge is 2.14. The van der Waals surface area contributed by atoms with Crippen molar-refractivity contribution in [3.63, 3.8) is 0 Å². The van der Waals surface area contributed by atoms with E-state index in [1.165, 1.54) is 25.0 Å². The third kappa shape index (κ3) is 3.24. The molecule has 1 aliphatic rings. The molecule has 5 heteroatoms. The molecule has 1 fully saturated rings. The molecule has 2 heterocycles. The van der Waals surface area contributed by atoms with Crippen LogP contribution in [0, 0.1) is 5.82 Å². The average molecular weight is 299 g/mol. The minimum absolute atomic E-state index is 0.0660. The van der Waals surface area contributed by atoms with E-state index in [1.54, 1.807) is 18.3 Å². The number of carbonyl (C=O) groups excluding carboxylic acids is 1. The molecular formula is C17H18FN3O. The Bertz CT molecular complexity index is 668. The highest BCUT2D eigenvalue weighted by molar-refractivity contribution is 5.94. The summed E-state index contributed by atoms with van der Waals surface area (Å²) in [6, 6.07) is 9.82. The molecule has 3 rings (SSSR count). The van der Waals surface area contributed by atoms with Gasteiger partial charge in [0.25, 0.3) is 5.91 Å². The van der Waals surface area contributed by atoms with Crippen LogP contribution >= 0.6 is 0 Å². The molecule has 1 aromatic heterocycles. The van der Waals surface area contributed by atoms with Gasteiger partial charge >= 0.3 is 0 Å². The topological polar surface area (TPSA) is 45.2 Å². The number of hydrogen-bond acceptors (Lipinski definition) is 3. The number of nitrogens with zero attached hydrogens (tertiary/aromatic N) is 2. The average Bonchev–Trinajstić information content (AvgIpc) is 3.08. The van der Waals surface area contributed by atoms with Gasteiger partial charge in [-0.3, -0.25) is 4.79 Å². The summed E-state index contributed by atoms with van der Waals surface area (Å²) in [7, 11) is 0. The Balaban J connectivity index is 1.65. The molecule has 0 bridgehead atoms. The van der Waals surface area contributed by atoms with Crippen LogP contribution in [-0.2, 0) is 6.54 Å². The van der Waals surface area contributed by atoms with Crippen LogP contribution in [0.5, 0.6) is 0 Å². The Morgan fingerprint density at radius 1 is 1.23 bits per heavy atom. The number of anilines is 1. The van der Waals surface area contributed by atoms with Gasteiger partial charge in [0, 0.05) is 25.8 Å². The minimum atomic E-state index is -0.507. The quantitative estimate of drug-likeness (QED) is 0.944. The smallest absolute Gasteiger partial charge is 0.254 e. The van der Waals surface area contributed by atoms with Crippen LogP contribution in [0.3, 0.4) is 0 Å². The fraction of sp³-hybridized carbons (Fsp3) is 0.294. The summed E-state index contributed by atoms with van der Waals surface area (Å²) in [4.78, 5) is 18.6. The molecule has 0 saturated carbocycles. The Labute approximate surface area is 129 Å². The zero-order valence-corrected chi connectivity index (χ0v) is 12.3. The van der Waals surface area contributed by atoms with Crippen molar-refractivity contribution in [2.24, 2.45) is 0 Å².